The molecule has 0 aliphatic carbocycles. The summed E-state index contributed by atoms with van der Waals surface area (Å²) < 4.78 is 10.7. The van der Waals surface area contributed by atoms with Crippen LogP contribution < -0.4 is 0 Å². The van der Waals surface area contributed by atoms with Gasteiger partial charge in [-0.1, -0.05) is 305 Å². The summed E-state index contributed by atoms with van der Waals surface area (Å²) in [5.74, 6) is -0.611. The van der Waals surface area contributed by atoms with Gasteiger partial charge in [-0.2, -0.15) is 0 Å². The number of aliphatic hydroxyl groups is 1. The fourth-order valence-electron chi connectivity index (χ4n) is 8.97. The zero-order valence-corrected chi connectivity index (χ0v) is 46.5. The smallest absolute Gasteiger partial charge is 0.306 e. The molecule has 0 spiro atoms. The number of allylic oxidation sites excluding steroid dienone is 12. The summed E-state index contributed by atoms with van der Waals surface area (Å²) in [6.45, 7) is 4.04. The summed E-state index contributed by atoms with van der Waals surface area (Å²) in [6, 6.07) is 0. The number of hydrogen-bond donors (Lipinski definition) is 1. The number of unbranched alkanes of at least 4 members (excludes halogenated alkanes) is 36. The summed E-state index contributed by atoms with van der Waals surface area (Å²) in [6.07, 6.45) is 83.3. The van der Waals surface area contributed by atoms with E-state index in [0.717, 1.165) is 89.9 Å². The first-order valence-corrected chi connectivity index (χ1v) is 30.5. The summed E-state index contributed by atoms with van der Waals surface area (Å²) >= 11 is 0. The first-order chi connectivity index (χ1) is 34.6. The molecule has 0 saturated carbocycles. The van der Waals surface area contributed by atoms with Crippen molar-refractivity contribution in [2.75, 3.05) is 13.2 Å². The second-order valence-electron chi connectivity index (χ2n) is 20.4. The summed E-state index contributed by atoms with van der Waals surface area (Å²) in [5.41, 5.74) is 0. The predicted octanol–water partition coefficient (Wildman–Crippen LogP) is 20.8. The minimum atomic E-state index is -0.789. The van der Waals surface area contributed by atoms with Crippen LogP contribution >= 0.6 is 0 Å². The molecule has 1 N–H and O–H groups in total. The van der Waals surface area contributed by atoms with Crippen LogP contribution in [0, 0.1) is 0 Å². The summed E-state index contributed by atoms with van der Waals surface area (Å²) in [4.78, 5) is 24.5. The van der Waals surface area contributed by atoms with E-state index in [1.54, 1.807) is 0 Å². The topological polar surface area (TPSA) is 72.8 Å². The lowest BCUT2D eigenvalue weighted by Crippen LogP contribution is -2.28. The van der Waals surface area contributed by atoms with E-state index in [9.17, 15) is 14.7 Å². The summed E-state index contributed by atoms with van der Waals surface area (Å²) in [5, 5.41) is 9.66. The van der Waals surface area contributed by atoms with Crippen molar-refractivity contribution in [1.82, 2.24) is 0 Å². The van der Waals surface area contributed by atoms with E-state index < -0.39 is 6.10 Å². The van der Waals surface area contributed by atoms with Gasteiger partial charge in [0.2, 0.25) is 0 Å². The Morgan fingerprint density at radius 1 is 0.343 bits per heavy atom. The molecule has 0 aliphatic rings. The molecule has 0 radical (unpaired) electrons. The van der Waals surface area contributed by atoms with E-state index in [0.29, 0.717) is 12.8 Å². The SMILES string of the molecule is CC/C=C\C/C=C\C/C=C\C/C=C\C/C=C\C/C=C\CCCCCCC(=O)OC(CO)COC(=O)CCCCCCCCCCCCCCCCCCCCCCCCCCCCCCCCCCC. The Balaban J connectivity index is 3.46. The van der Waals surface area contributed by atoms with Crippen molar-refractivity contribution in [3.63, 3.8) is 0 Å². The van der Waals surface area contributed by atoms with Crippen LogP contribution in [0.3, 0.4) is 0 Å². The molecule has 0 aromatic heterocycles. The maximum Gasteiger partial charge on any atom is 0.306 e. The molecule has 406 valence electrons. The van der Waals surface area contributed by atoms with Gasteiger partial charge in [0.05, 0.1) is 6.61 Å². The first kappa shape index (κ1) is 67.3. The molecular weight excluding hydrogens is 861 g/mol. The Bertz CT molecular complexity index is 1240. The molecule has 0 aromatic carbocycles. The Labute approximate surface area is 435 Å². The highest BCUT2D eigenvalue weighted by atomic mass is 16.6. The van der Waals surface area contributed by atoms with Gasteiger partial charge in [0.1, 0.15) is 6.61 Å². The van der Waals surface area contributed by atoms with Crippen molar-refractivity contribution in [2.24, 2.45) is 0 Å². The molecule has 0 bridgehead atoms. The van der Waals surface area contributed by atoms with E-state index in [2.05, 4.69) is 86.8 Å². The Morgan fingerprint density at radius 2 is 0.614 bits per heavy atom. The highest BCUT2D eigenvalue weighted by molar-refractivity contribution is 5.70. The van der Waals surface area contributed by atoms with E-state index in [1.165, 1.54) is 193 Å². The highest BCUT2D eigenvalue weighted by Gasteiger charge is 2.16. The average molecular weight is 978 g/mol. The quantitative estimate of drug-likeness (QED) is 0.0373. The van der Waals surface area contributed by atoms with Crippen LogP contribution in [-0.4, -0.2) is 36.4 Å². The van der Waals surface area contributed by atoms with Crippen molar-refractivity contribution in [1.29, 1.82) is 0 Å². The van der Waals surface area contributed by atoms with Crippen molar-refractivity contribution in [3.05, 3.63) is 72.9 Å². The van der Waals surface area contributed by atoms with Crippen LogP contribution in [0.15, 0.2) is 72.9 Å². The van der Waals surface area contributed by atoms with Gasteiger partial charge in [-0.25, -0.2) is 0 Å². The van der Waals surface area contributed by atoms with Gasteiger partial charge < -0.3 is 14.6 Å². The molecular formula is C65H116O5. The number of rotatable bonds is 56. The number of ether oxygens (including phenoxy) is 2. The van der Waals surface area contributed by atoms with Crippen LogP contribution in [0.5, 0.6) is 0 Å². The van der Waals surface area contributed by atoms with Crippen LogP contribution in [0.25, 0.3) is 0 Å². The standard InChI is InChI=1S/C65H116O5/c1-3-5-7-9-11-13-15-17-19-21-23-25-27-28-29-30-31-32-33-34-35-36-38-39-41-43-45-47-49-51-53-55-57-59-64(67)69-62-63(61-66)70-65(68)60-58-56-54-52-50-48-46-44-42-40-37-26-24-22-20-18-16-14-12-10-8-6-4-2/h6,8,12,14,18,20,24,26,40,42,46,48,63,66H,3-5,7,9-11,13,15-17,19,21-23,25,27-39,41,43-45,47,49-62H2,1-2H3/b8-6-,14-12-,20-18-,26-24-,42-40-,48-46-. The fraction of sp³-hybridized carbons (Fsp3) is 0.785. The molecule has 5 nitrogen and oxygen atoms in total. The van der Waals surface area contributed by atoms with Gasteiger partial charge in [0.15, 0.2) is 6.10 Å². The molecule has 0 amide bonds. The maximum absolute atomic E-state index is 12.3. The van der Waals surface area contributed by atoms with Crippen LogP contribution in [0.1, 0.15) is 309 Å². The van der Waals surface area contributed by atoms with Crippen LogP contribution in [-0.2, 0) is 19.1 Å². The second kappa shape index (κ2) is 60.6. The van der Waals surface area contributed by atoms with Gasteiger partial charge in [0.25, 0.3) is 0 Å². The Morgan fingerprint density at radius 3 is 0.929 bits per heavy atom. The Hall–Kier alpha value is -2.66. The van der Waals surface area contributed by atoms with Gasteiger partial charge in [-0.15, -0.1) is 0 Å². The molecule has 1 atom stereocenters. The number of aliphatic hydroxyl groups excluding tert-OH is 1. The van der Waals surface area contributed by atoms with Crippen molar-refractivity contribution < 1.29 is 24.2 Å². The molecule has 0 heterocycles. The van der Waals surface area contributed by atoms with E-state index in [4.69, 9.17) is 9.47 Å². The number of hydrogen-bond acceptors (Lipinski definition) is 5. The monoisotopic (exact) mass is 977 g/mol. The second-order valence-corrected chi connectivity index (χ2v) is 20.4. The predicted molar refractivity (Wildman–Crippen MR) is 306 cm³/mol. The van der Waals surface area contributed by atoms with Crippen molar-refractivity contribution in [3.8, 4) is 0 Å². The average Bonchev–Trinajstić information content (AvgIpc) is 3.36. The van der Waals surface area contributed by atoms with Gasteiger partial charge in [0, 0.05) is 12.8 Å². The highest BCUT2D eigenvalue weighted by Crippen LogP contribution is 2.18. The van der Waals surface area contributed by atoms with Gasteiger partial charge in [-0.3, -0.25) is 9.59 Å². The van der Waals surface area contributed by atoms with Crippen LogP contribution in [0.2, 0.25) is 0 Å². The number of carbonyl (C=O) groups is 2. The lowest BCUT2D eigenvalue weighted by atomic mass is 10.0. The molecule has 1 unspecified atom stereocenters. The van der Waals surface area contributed by atoms with Crippen molar-refractivity contribution in [2.45, 2.75) is 315 Å². The first-order valence-electron chi connectivity index (χ1n) is 30.5. The molecule has 0 saturated heterocycles. The zero-order chi connectivity index (χ0) is 50.6. The zero-order valence-electron chi connectivity index (χ0n) is 46.5. The normalized spacial score (nSPS) is 12.7. The van der Waals surface area contributed by atoms with E-state index >= 15 is 0 Å². The fourth-order valence-corrected chi connectivity index (χ4v) is 8.97. The molecule has 0 fully saturated rings. The van der Waals surface area contributed by atoms with E-state index in [-0.39, 0.29) is 25.2 Å². The van der Waals surface area contributed by atoms with Gasteiger partial charge >= 0.3 is 11.9 Å². The lowest BCUT2D eigenvalue weighted by Gasteiger charge is -2.15. The third-order valence-electron chi connectivity index (χ3n) is 13.5. The maximum atomic E-state index is 12.3. The third kappa shape index (κ3) is 57.9. The lowest BCUT2D eigenvalue weighted by molar-refractivity contribution is -0.161. The minimum Gasteiger partial charge on any atom is -0.462 e. The van der Waals surface area contributed by atoms with Crippen LogP contribution in [0.4, 0.5) is 0 Å². The third-order valence-corrected chi connectivity index (χ3v) is 13.5. The molecule has 5 heteroatoms. The summed E-state index contributed by atoms with van der Waals surface area (Å²) in [7, 11) is 0. The van der Waals surface area contributed by atoms with Crippen molar-refractivity contribution >= 4 is 11.9 Å². The Kier molecular flexibility index (Phi) is 58.3. The largest absolute Gasteiger partial charge is 0.462 e. The van der Waals surface area contributed by atoms with Gasteiger partial charge in [-0.05, 0) is 64.2 Å². The number of carbonyl (C=O) groups excluding carboxylic acids is 2. The molecule has 0 aliphatic heterocycles. The number of esters is 2. The molecule has 70 heavy (non-hydrogen) atoms. The molecule has 0 aromatic rings. The van der Waals surface area contributed by atoms with E-state index in [1.807, 2.05) is 0 Å². The molecule has 0 rings (SSSR count). The minimum absolute atomic E-state index is 0.0767.